The molecule has 0 saturated carbocycles. The lowest BCUT2D eigenvalue weighted by molar-refractivity contribution is 0.160. The monoisotopic (exact) mass is 317 g/mol. The van der Waals surface area contributed by atoms with Crippen molar-refractivity contribution in [1.82, 2.24) is 0 Å². The average Bonchev–Trinajstić information content (AvgIpc) is 2.47. The molecule has 22 heavy (non-hydrogen) atoms. The summed E-state index contributed by atoms with van der Waals surface area (Å²) >= 11 is 0. The molecule has 0 saturated heterocycles. The van der Waals surface area contributed by atoms with Crippen LogP contribution in [0.25, 0.3) is 0 Å². The van der Waals surface area contributed by atoms with Gasteiger partial charge in [0.25, 0.3) is 10.0 Å². The van der Waals surface area contributed by atoms with Gasteiger partial charge in [-0.15, -0.1) is 0 Å². The van der Waals surface area contributed by atoms with Gasteiger partial charge in [-0.2, -0.15) is 12.8 Å². The zero-order valence-corrected chi connectivity index (χ0v) is 13.5. The van der Waals surface area contributed by atoms with Crippen molar-refractivity contribution in [3.63, 3.8) is 0 Å². The lowest BCUT2D eigenvalue weighted by atomic mass is 10.2. The lowest BCUT2D eigenvalue weighted by Gasteiger charge is -2.06. The SMILES string of the molecule is Cc1cccc(C)c1S(=O)(=O)/N=C/COCc1ccccc1. The van der Waals surface area contributed by atoms with Gasteiger partial charge in [-0.05, 0) is 30.5 Å². The maximum Gasteiger partial charge on any atom is 0.282 e. The molecular formula is C17H19NO3S. The molecule has 116 valence electrons. The highest BCUT2D eigenvalue weighted by Crippen LogP contribution is 2.21. The Morgan fingerprint density at radius 1 is 1.00 bits per heavy atom. The van der Waals surface area contributed by atoms with Gasteiger partial charge < -0.3 is 4.74 Å². The molecule has 0 amide bonds. The van der Waals surface area contributed by atoms with Crippen molar-refractivity contribution in [2.75, 3.05) is 6.61 Å². The maximum atomic E-state index is 12.3. The van der Waals surface area contributed by atoms with Crippen LogP contribution in [0.5, 0.6) is 0 Å². The first kappa shape index (κ1) is 16.4. The van der Waals surface area contributed by atoms with E-state index in [9.17, 15) is 8.42 Å². The summed E-state index contributed by atoms with van der Waals surface area (Å²) in [5, 5.41) is 0. The highest BCUT2D eigenvalue weighted by Gasteiger charge is 2.17. The van der Waals surface area contributed by atoms with Crippen molar-refractivity contribution in [3.8, 4) is 0 Å². The Hall–Kier alpha value is -1.98. The van der Waals surface area contributed by atoms with Gasteiger partial charge in [0.05, 0.1) is 18.1 Å². The van der Waals surface area contributed by atoms with E-state index >= 15 is 0 Å². The number of hydrogen-bond donors (Lipinski definition) is 0. The molecule has 0 radical (unpaired) electrons. The molecule has 0 unspecified atom stereocenters. The molecule has 2 aromatic carbocycles. The van der Waals surface area contributed by atoms with Crippen LogP contribution in [0.4, 0.5) is 0 Å². The fourth-order valence-corrected chi connectivity index (χ4v) is 3.50. The fourth-order valence-electron chi connectivity index (χ4n) is 2.19. The van der Waals surface area contributed by atoms with Crippen molar-refractivity contribution < 1.29 is 13.2 Å². The molecule has 0 atom stereocenters. The average molecular weight is 317 g/mol. The third kappa shape index (κ3) is 4.26. The smallest absolute Gasteiger partial charge is 0.282 e. The summed E-state index contributed by atoms with van der Waals surface area (Å²) in [4.78, 5) is 0.273. The van der Waals surface area contributed by atoms with Gasteiger partial charge in [0, 0.05) is 6.21 Å². The van der Waals surface area contributed by atoms with Gasteiger partial charge in [-0.1, -0.05) is 48.5 Å². The fraction of sp³-hybridized carbons (Fsp3) is 0.235. The Balaban J connectivity index is 1.97. The highest BCUT2D eigenvalue weighted by atomic mass is 32.2. The Kier molecular flexibility index (Phi) is 5.46. The molecule has 0 aliphatic heterocycles. The topological polar surface area (TPSA) is 55.7 Å². The van der Waals surface area contributed by atoms with Crippen molar-refractivity contribution in [2.45, 2.75) is 25.3 Å². The van der Waals surface area contributed by atoms with Crippen LogP contribution in [-0.2, 0) is 21.4 Å². The molecule has 0 fully saturated rings. The summed E-state index contributed by atoms with van der Waals surface area (Å²) in [6.07, 6.45) is 1.30. The van der Waals surface area contributed by atoms with Gasteiger partial charge in [0.1, 0.15) is 0 Å². The van der Waals surface area contributed by atoms with E-state index in [1.165, 1.54) is 6.21 Å². The van der Waals surface area contributed by atoms with E-state index in [-0.39, 0.29) is 11.5 Å². The van der Waals surface area contributed by atoms with E-state index in [2.05, 4.69) is 4.40 Å². The van der Waals surface area contributed by atoms with Gasteiger partial charge in [0.2, 0.25) is 0 Å². The summed E-state index contributed by atoms with van der Waals surface area (Å²) in [5.41, 5.74) is 2.43. The summed E-state index contributed by atoms with van der Waals surface area (Å²) < 4.78 is 33.6. The van der Waals surface area contributed by atoms with Gasteiger partial charge in [-0.3, -0.25) is 0 Å². The van der Waals surface area contributed by atoms with E-state index in [0.29, 0.717) is 17.7 Å². The minimum atomic E-state index is -3.68. The van der Waals surface area contributed by atoms with E-state index in [1.807, 2.05) is 36.4 Å². The van der Waals surface area contributed by atoms with Gasteiger partial charge in [0.15, 0.2) is 0 Å². The van der Waals surface area contributed by atoms with Crippen LogP contribution >= 0.6 is 0 Å². The Morgan fingerprint density at radius 3 is 2.27 bits per heavy atom. The summed E-state index contributed by atoms with van der Waals surface area (Å²) in [6, 6.07) is 15.0. The molecule has 0 heterocycles. The number of nitrogens with zero attached hydrogens (tertiary/aromatic N) is 1. The predicted octanol–water partition coefficient (Wildman–Crippen LogP) is 3.28. The molecule has 0 spiro atoms. The van der Waals surface area contributed by atoms with Crippen LogP contribution in [0.3, 0.4) is 0 Å². The van der Waals surface area contributed by atoms with E-state index in [4.69, 9.17) is 4.74 Å². The normalized spacial score (nSPS) is 11.9. The zero-order chi connectivity index (χ0) is 16.0. The van der Waals surface area contributed by atoms with Crippen LogP contribution in [0.2, 0.25) is 0 Å². The second-order valence-electron chi connectivity index (χ2n) is 4.98. The Labute approximate surface area is 131 Å². The third-order valence-corrected chi connectivity index (χ3v) is 4.77. The third-order valence-electron chi connectivity index (χ3n) is 3.18. The van der Waals surface area contributed by atoms with Gasteiger partial charge in [-0.25, -0.2) is 0 Å². The quantitative estimate of drug-likeness (QED) is 0.607. The number of aryl methyl sites for hydroxylation is 2. The largest absolute Gasteiger partial charge is 0.371 e. The van der Waals surface area contributed by atoms with Crippen molar-refractivity contribution in [2.24, 2.45) is 4.40 Å². The molecule has 0 aliphatic carbocycles. The van der Waals surface area contributed by atoms with E-state index in [1.54, 1.807) is 26.0 Å². The van der Waals surface area contributed by atoms with E-state index < -0.39 is 10.0 Å². The minimum Gasteiger partial charge on any atom is -0.371 e. The summed E-state index contributed by atoms with van der Waals surface area (Å²) in [5.74, 6) is 0. The van der Waals surface area contributed by atoms with Crippen LogP contribution in [0, 0.1) is 13.8 Å². The second-order valence-corrected chi connectivity index (χ2v) is 6.55. The number of benzene rings is 2. The van der Waals surface area contributed by atoms with Crippen molar-refractivity contribution >= 4 is 16.2 Å². The Bertz CT molecular complexity index is 732. The second kappa shape index (κ2) is 7.33. The number of sulfonamides is 1. The number of ether oxygens (including phenoxy) is 1. The molecular weight excluding hydrogens is 298 g/mol. The highest BCUT2D eigenvalue weighted by molar-refractivity contribution is 7.90. The summed E-state index contributed by atoms with van der Waals surface area (Å²) in [7, 11) is -3.68. The molecule has 0 aromatic heterocycles. The maximum absolute atomic E-state index is 12.3. The molecule has 2 rings (SSSR count). The van der Waals surface area contributed by atoms with Crippen molar-refractivity contribution in [3.05, 3.63) is 65.2 Å². The van der Waals surface area contributed by atoms with Crippen LogP contribution in [0.15, 0.2) is 57.8 Å². The van der Waals surface area contributed by atoms with Crippen LogP contribution < -0.4 is 0 Å². The minimum absolute atomic E-state index is 0.152. The number of hydrogen-bond acceptors (Lipinski definition) is 3. The Morgan fingerprint density at radius 2 is 1.64 bits per heavy atom. The van der Waals surface area contributed by atoms with Crippen LogP contribution in [0.1, 0.15) is 16.7 Å². The first-order chi connectivity index (χ1) is 10.5. The summed E-state index contributed by atoms with van der Waals surface area (Å²) in [6.45, 7) is 4.11. The number of rotatable bonds is 6. The lowest BCUT2D eigenvalue weighted by Crippen LogP contribution is -2.04. The molecule has 0 bridgehead atoms. The molecule has 0 aliphatic rings. The van der Waals surface area contributed by atoms with E-state index in [0.717, 1.165) is 5.56 Å². The molecule has 5 heteroatoms. The molecule has 0 N–H and O–H groups in total. The first-order valence-electron chi connectivity index (χ1n) is 6.97. The zero-order valence-electron chi connectivity index (χ0n) is 12.7. The molecule has 4 nitrogen and oxygen atoms in total. The van der Waals surface area contributed by atoms with Crippen molar-refractivity contribution in [1.29, 1.82) is 0 Å². The van der Waals surface area contributed by atoms with Gasteiger partial charge >= 0.3 is 0 Å². The first-order valence-corrected chi connectivity index (χ1v) is 8.41. The molecule has 2 aromatic rings. The predicted molar refractivity (Wildman–Crippen MR) is 87.7 cm³/mol. The standard InChI is InChI=1S/C17H19NO3S/c1-14-7-6-8-15(2)17(14)22(19,20)18-11-12-21-13-16-9-4-3-5-10-16/h3-11H,12-13H2,1-2H3/b18-11+. The van der Waals surface area contributed by atoms with Crippen LogP contribution in [-0.4, -0.2) is 21.2 Å².